The van der Waals surface area contributed by atoms with Crippen LogP contribution in [0.15, 0.2) is 48.5 Å². The predicted molar refractivity (Wildman–Crippen MR) is 105 cm³/mol. The minimum Gasteiger partial charge on any atom is -0.465 e. The molecule has 136 valence electrons. The molecule has 5 nitrogen and oxygen atoms in total. The van der Waals surface area contributed by atoms with E-state index in [0.29, 0.717) is 11.5 Å². The summed E-state index contributed by atoms with van der Waals surface area (Å²) in [6, 6.07) is 15.9. The molecule has 2 aromatic carbocycles. The Kier molecular flexibility index (Phi) is 5.56. The highest BCUT2D eigenvalue weighted by Gasteiger charge is 2.14. The molecular weight excluding hydrogens is 326 g/mol. The molecule has 0 bridgehead atoms. The quantitative estimate of drug-likeness (QED) is 0.650. The Labute approximate surface area is 154 Å². The highest BCUT2D eigenvalue weighted by Crippen LogP contribution is 2.23. The van der Waals surface area contributed by atoms with Crippen molar-refractivity contribution in [2.75, 3.05) is 19.0 Å². The van der Waals surface area contributed by atoms with Gasteiger partial charge in [0.2, 0.25) is 5.95 Å². The Hall–Kier alpha value is -2.82. The third kappa shape index (κ3) is 4.04. The van der Waals surface area contributed by atoms with Crippen LogP contribution in [0.25, 0.3) is 11.0 Å². The molecule has 0 aliphatic carbocycles. The van der Waals surface area contributed by atoms with Crippen LogP contribution in [0.4, 0.5) is 5.95 Å². The average Bonchev–Trinajstić information content (AvgIpc) is 2.98. The second-order valence-electron chi connectivity index (χ2n) is 6.80. The normalized spacial score (nSPS) is 11.1. The number of rotatable bonds is 7. The summed E-state index contributed by atoms with van der Waals surface area (Å²) in [5.74, 6) is 0.984. The minimum atomic E-state index is -0.344. The van der Waals surface area contributed by atoms with Crippen LogP contribution in [0, 0.1) is 5.92 Å². The van der Waals surface area contributed by atoms with E-state index in [9.17, 15) is 4.79 Å². The first-order valence-electron chi connectivity index (χ1n) is 8.95. The van der Waals surface area contributed by atoms with Crippen molar-refractivity contribution in [2.24, 2.45) is 5.92 Å². The Morgan fingerprint density at radius 2 is 1.96 bits per heavy atom. The van der Waals surface area contributed by atoms with E-state index in [4.69, 9.17) is 9.72 Å². The molecule has 1 heterocycles. The molecule has 0 atom stereocenters. The number of methoxy groups -OCH3 is 1. The van der Waals surface area contributed by atoms with Gasteiger partial charge in [0.1, 0.15) is 0 Å². The molecule has 3 rings (SSSR count). The monoisotopic (exact) mass is 351 g/mol. The predicted octanol–water partition coefficient (Wildman–Crippen LogP) is 4.13. The van der Waals surface area contributed by atoms with Crippen molar-refractivity contribution in [2.45, 2.75) is 26.8 Å². The zero-order chi connectivity index (χ0) is 18.5. The molecule has 0 spiro atoms. The number of benzene rings is 2. The first-order valence-corrected chi connectivity index (χ1v) is 8.95. The van der Waals surface area contributed by atoms with E-state index in [2.05, 4.69) is 48.0 Å². The summed E-state index contributed by atoms with van der Waals surface area (Å²) in [5.41, 5.74) is 3.63. The fourth-order valence-corrected chi connectivity index (χ4v) is 3.02. The van der Waals surface area contributed by atoms with Crippen molar-refractivity contribution in [3.8, 4) is 0 Å². The van der Waals surface area contributed by atoms with Gasteiger partial charge in [-0.15, -0.1) is 0 Å². The summed E-state index contributed by atoms with van der Waals surface area (Å²) in [5, 5.41) is 3.45. The van der Waals surface area contributed by atoms with Crippen LogP contribution in [0.5, 0.6) is 0 Å². The number of anilines is 1. The molecule has 0 saturated heterocycles. The smallest absolute Gasteiger partial charge is 0.337 e. The van der Waals surface area contributed by atoms with E-state index < -0.39 is 0 Å². The lowest BCUT2D eigenvalue weighted by Gasteiger charge is -2.13. The number of nitrogens with one attached hydrogen (secondary N) is 1. The van der Waals surface area contributed by atoms with Crippen molar-refractivity contribution in [3.63, 3.8) is 0 Å². The maximum Gasteiger partial charge on any atom is 0.337 e. The second-order valence-corrected chi connectivity index (χ2v) is 6.80. The van der Waals surface area contributed by atoms with E-state index in [1.165, 1.54) is 12.7 Å². The maximum atomic E-state index is 11.8. The molecule has 26 heavy (non-hydrogen) atoms. The third-order valence-corrected chi connectivity index (χ3v) is 4.26. The van der Waals surface area contributed by atoms with Gasteiger partial charge in [0.15, 0.2) is 0 Å². The van der Waals surface area contributed by atoms with E-state index >= 15 is 0 Å². The molecule has 0 saturated carbocycles. The highest BCUT2D eigenvalue weighted by molar-refractivity contribution is 5.94. The van der Waals surface area contributed by atoms with Gasteiger partial charge in [0, 0.05) is 13.1 Å². The number of hydrogen-bond acceptors (Lipinski definition) is 4. The zero-order valence-electron chi connectivity index (χ0n) is 15.5. The molecule has 0 aliphatic rings. The summed E-state index contributed by atoms with van der Waals surface area (Å²) in [4.78, 5) is 16.5. The van der Waals surface area contributed by atoms with Gasteiger partial charge in [-0.2, -0.15) is 0 Å². The fraction of sp³-hybridized carbons (Fsp3) is 0.333. The molecule has 0 unspecified atom stereocenters. The highest BCUT2D eigenvalue weighted by atomic mass is 16.5. The summed E-state index contributed by atoms with van der Waals surface area (Å²) in [7, 11) is 1.39. The molecule has 5 heteroatoms. The van der Waals surface area contributed by atoms with Crippen LogP contribution >= 0.6 is 0 Å². The summed E-state index contributed by atoms with van der Waals surface area (Å²) in [6.07, 6.45) is 0.930. The van der Waals surface area contributed by atoms with Crippen LogP contribution in [-0.2, 0) is 17.7 Å². The summed E-state index contributed by atoms with van der Waals surface area (Å²) < 4.78 is 7.00. The number of carbonyl (C=O) groups is 1. The van der Waals surface area contributed by atoms with Gasteiger partial charge in [-0.05, 0) is 36.1 Å². The Balaban J connectivity index is 1.85. The van der Waals surface area contributed by atoms with Crippen molar-refractivity contribution in [1.82, 2.24) is 9.55 Å². The van der Waals surface area contributed by atoms with Gasteiger partial charge in [0.25, 0.3) is 0 Å². The first-order chi connectivity index (χ1) is 12.6. The molecule has 3 aromatic rings. The number of nitrogens with zero attached hydrogens (tertiary/aromatic N) is 2. The largest absolute Gasteiger partial charge is 0.465 e. The third-order valence-electron chi connectivity index (χ3n) is 4.26. The molecule has 1 N–H and O–H groups in total. The molecule has 0 amide bonds. The van der Waals surface area contributed by atoms with E-state index in [-0.39, 0.29) is 5.97 Å². The molecular formula is C21H25N3O2. The maximum absolute atomic E-state index is 11.8. The van der Waals surface area contributed by atoms with Gasteiger partial charge < -0.3 is 14.6 Å². The molecule has 1 aromatic heterocycles. The zero-order valence-corrected chi connectivity index (χ0v) is 15.5. The van der Waals surface area contributed by atoms with E-state index in [1.807, 2.05) is 12.1 Å². The van der Waals surface area contributed by atoms with Crippen LogP contribution < -0.4 is 5.32 Å². The number of carbonyl (C=O) groups excluding carboxylic acids is 1. The van der Waals surface area contributed by atoms with Crippen LogP contribution in [-0.4, -0.2) is 29.2 Å². The first kappa shape index (κ1) is 18.0. The van der Waals surface area contributed by atoms with E-state index in [0.717, 1.165) is 36.5 Å². The van der Waals surface area contributed by atoms with Crippen LogP contribution in [0.1, 0.15) is 29.8 Å². The van der Waals surface area contributed by atoms with Gasteiger partial charge in [0.05, 0.1) is 23.7 Å². The standard InChI is InChI=1S/C21H25N3O2/c1-15(2)14-24-19-10-9-17(20(25)26-3)13-18(19)23-21(24)22-12-11-16-7-5-4-6-8-16/h4-10,13,15H,11-12,14H2,1-3H3,(H,22,23). The average molecular weight is 351 g/mol. The van der Waals surface area contributed by atoms with Gasteiger partial charge in [-0.3, -0.25) is 0 Å². The van der Waals surface area contributed by atoms with Gasteiger partial charge >= 0.3 is 5.97 Å². The van der Waals surface area contributed by atoms with Crippen molar-refractivity contribution in [1.29, 1.82) is 0 Å². The number of imidazole rings is 1. The van der Waals surface area contributed by atoms with Crippen molar-refractivity contribution < 1.29 is 9.53 Å². The lowest BCUT2D eigenvalue weighted by Crippen LogP contribution is -2.13. The minimum absolute atomic E-state index is 0.344. The van der Waals surface area contributed by atoms with Crippen molar-refractivity contribution >= 4 is 23.0 Å². The fourth-order valence-electron chi connectivity index (χ4n) is 3.02. The van der Waals surface area contributed by atoms with Gasteiger partial charge in [-0.1, -0.05) is 44.2 Å². The SMILES string of the molecule is COC(=O)c1ccc2c(c1)nc(NCCc1ccccc1)n2CC(C)C. The lowest BCUT2D eigenvalue weighted by molar-refractivity contribution is 0.0601. The summed E-state index contributed by atoms with van der Waals surface area (Å²) >= 11 is 0. The number of ether oxygens (including phenoxy) is 1. The number of fused-ring (bicyclic) bond motifs is 1. The van der Waals surface area contributed by atoms with Crippen LogP contribution in [0.3, 0.4) is 0 Å². The number of aromatic nitrogens is 2. The Morgan fingerprint density at radius 3 is 2.65 bits per heavy atom. The van der Waals surface area contributed by atoms with E-state index in [1.54, 1.807) is 12.1 Å². The van der Waals surface area contributed by atoms with Crippen molar-refractivity contribution in [3.05, 3.63) is 59.7 Å². The summed E-state index contributed by atoms with van der Waals surface area (Å²) in [6.45, 7) is 6.03. The molecule has 0 fully saturated rings. The number of esters is 1. The second kappa shape index (κ2) is 8.04. The van der Waals surface area contributed by atoms with Crippen LogP contribution in [0.2, 0.25) is 0 Å². The number of hydrogen-bond donors (Lipinski definition) is 1. The Morgan fingerprint density at radius 1 is 1.19 bits per heavy atom. The lowest BCUT2D eigenvalue weighted by atomic mass is 10.1. The Bertz CT molecular complexity index is 885. The molecule has 0 aliphatic heterocycles. The topological polar surface area (TPSA) is 56.1 Å². The van der Waals surface area contributed by atoms with Gasteiger partial charge in [-0.25, -0.2) is 9.78 Å². The molecule has 0 radical (unpaired) electrons.